The summed E-state index contributed by atoms with van der Waals surface area (Å²) in [6, 6.07) is 30.6. The molecule has 0 atom stereocenters. The molecule has 0 spiro atoms. The Morgan fingerprint density at radius 3 is 1.94 bits per heavy atom. The summed E-state index contributed by atoms with van der Waals surface area (Å²) in [5.41, 5.74) is 5.17. The fourth-order valence-electron chi connectivity index (χ4n) is 3.75. The molecule has 0 N–H and O–H groups in total. The van der Waals surface area contributed by atoms with Gasteiger partial charge in [-0.2, -0.15) is 0 Å². The molecule has 0 saturated carbocycles. The maximum Gasteiger partial charge on any atom is 0.168 e. The molecule has 5 aromatic rings. The molecule has 0 radical (unpaired) electrons. The predicted molar refractivity (Wildman–Crippen MR) is 131 cm³/mol. The zero-order valence-electron chi connectivity index (χ0n) is 18.4. The maximum atomic E-state index is 5.74. The molecule has 0 aliphatic carbocycles. The highest BCUT2D eigenvalue weighted by Crippen LogP contribution is 2.30. The van der Waals surface area contributed by atoms with E-state index in [9.17, 15) is 0 Å². The van der Waals surface area contributed by atoms with Crippen LogP contribution in [0, 0.1) is 0 Å². The number of hydrogen-bond acceptors (Lipinski definition) is 4. The second-order valence-corrected chi connectivity index (χ2v) is 7.71. The van der Waals surface area contributed by atoms with Gasteiger partial charge in [-0.25, -0.2) is 0 Å². The van der Waals surface area contributed by atoms with E-state index in [-0.39, 0.29) is 0 Å². The number of nitrogens with zero attached hydrogens (tertiary/aromatic N) is 4. The number of hydrogen-bond donors (Lipinski definition) is 0. The van der Waals surface area contributed by atoms with Crippen LogP contribution in [0.3, 0.4) is 0 Å². The van der Waals surface area contributed by atoms with Gasteiger partial charge in [0.05, 0.1) is 6.61 Å². The van der Waals surface area contributed by atoms with Crippen LogP contribution in [0.15, 0.2) is 103 Å². The molecule has 5 heteroatoms. The smallest absolute Gasteiger partial charge is 0.168 e. The zero-order chi connectivity index (χ0) is 22.5. The van der Waals surface area contributed by atoms with Gasteiger partial charge in [0.25, 0.3) is 0 Å². The first kappa shape index (κ1) is 20.6. The van der Waals surface area contributed by atoms with Crippen molar-refractivity contribution in [3.05, 3.63) is 103 Å². The minimum Gasteiger partial charge on any atom is -0.494 e. The predicted octanol–water partition coefficient (Wildman–Crippen LogP) is 6.45. The van der Waals surface area contributed by atoms with Crippen LogP contribution in [-0.4, -0.2) is 26.4 Å². The van der Waals surface area contributed by atoms with Crippen molar-refractivity contribution >= 4 is 0 Å². The number of rotatable bonds is 7. The highest BCUT2D eigenvalue weighted by Gasteiger charge is 2.17. The molecule has 2 heterocycles. The highest BCUT2D eigenvalue weighted by atomic mass is 16.5. The average molecular weight is 433 g/mol. The lowest BCUT2D eigenvalue weighted by atomic mass is 10.1. The summed E-state index contributed by atoms with van der Waals surface area (Å²) in [5.74, 6) is 2.44. The lowest BCUT2D eigenvalue weighted by Gasteiger charge is -2.12. The van der Waals surface area contributed by atoms with E-state index in [2.05, 4.69) is 69.1 Å². The van der Waals surface area contributed by atoms with Crippen LogP contribution < -0.4 is 4.74 Å². The molecule has 2 aromatic heterocycles. The Bertz CT molecular complexity index is 1310. The van der Waals surface area contributed by atoms with Crippen LogP contribution in [0.1, 0.15) is 13.3 Å². The average Bonchev–Trinajstić information content (AvgIpc) is 3.34. The third-order valence-corrected chi connectivity index (χ3v) is 5.40. The second kappa shape index (κ2) is 9.49. The van der Waals surface area contributed by atoms with Crippen molar-refractivity contribution in [1.82, 2.24) is 19.7 Å². The number of aromatic nitrogens is 4. The molecule has 0 bridgehead atoms. The van der Waals surface area contributed by atoms with Crippen LogP contribution in [-0.2, 0) is 0 Å². The number of pyridine rings is 1. The number of ether oxygens (including phenoxy) is 1. The lowest BCUT2D eigenvalue weighted by Crippen LogP contribution is -2.01. The Morgan fingerprint density at radius 2 is 1.30 bits per heavy atom. The largest absolute Gasteiger partial charge is 0.494 e. The van der Waals surface area contributed by atoms with Crippen molar-refractivity contribution in [2.45, 2.75) is 13.3 Å². The SMILES string of the molecule is CCCOc1ccc(-c2nnc(-c3ccccc3)n2-c2ccc(-c3cccnc3)cc2)cc1. The van der Waals surface area contributed by atoms with E-state index in [1.54, 1.807) is 6.20 Å². The summed E-state index contributed by atoms with van der Waals surface area (Å²) >= 11 is 0. The van der Waals surface area contributed by atoms with Gasteiger partial charge < -0.3 is 4.74 Å². The molecule has 0 aliphatic rings. The number of benzene rings is 3. The Hall–Kier alpha value is -4.25. The van der Waals surface area contributed by atoms with Gasteiger partial charge in [-0.15, -0.1) is 10.2 Å². The van der Waals surface area contributed by atoms with Crippen LogP contribution in [0.5, 0.6) is 5.75 Å². The molecule has 0 saturated heterocycles. The van der Waals surface area contributed by atoms with Crippen LogP contribution in [0.2, 0.25) is 0 Å². The van der Waals surface area contributed by atoms with Gasteiger partial charge in [0, 0.05) is 29.2 Å². The summed E-state index contributed by atoms with van der Waals surface area (Å²) in [6.07, 6.45) is 4.63. The second-order valence-electron chi connectivity index (χ2n) is 7.71. The van der Waals surface area contributed by atoms with Crippen LogP contribution in [0.25, 0.3) is 39.6 Å². The van der Waals surface area contributed by atoms with Gasteiger partial charge >= 0.3 is 0 Å². The maximum absolute atomic E-state index is 5.74. The summed E-state index contributed by atoms with van der Waals surface area (Å²) < 4.78 is 7.84. The molecule has 3 aromatic carbocycles. The van der Waals surface area contributed by atoms with Crippen LogP contribution >= 0.6 is 0 Å². The normalized spacial score (nSPS) is 10.8. The van der Waals surface area contributed by atoms with Gasteiger partial charge in [-0.05, 0) is 60.0 Å². The Kier molecular flexibility index (Phi) is 5.93. The minimum absolute atomic E-state index is 0.705. The fraction of sp³-hybridized carbons (Fsp3) is 0.107. The van der Waals surface area contributed by atoms with Gasteiger partial charge in [0.15, 0.2) is 11.6 Å². The lowest BCUT2D eigenvalue weighted by molar-refractivity contribution is 0.317. The van der Waals surface area contributed by atoms with Crippen molar-refractivity contribution < 1.29 is 4.74 Å². The fourth-order valence-corrected chi connectivity index (χ4v) is 3.75. The quantitative estimate of drug-likeness (QED) is 0.296. The van der Waals surface area contributed by atoms with E-state index in [1.807, 2.05) is 54.7 Å². The molecule has 5 rings (SSSR count). The molecule has 0 aliphatic heterocycles. The van der Waals surface area contributed by atoms with E-state index < -0.39 is 0 Å². The molecule has 0 unspecified atom stereocenters. The Labute approximate surface area is 193 Å². The molecule has 0 fully saturated rings. The third kappa shape index (κ3) is 4.39. The van der Waals surface area contributed by atoms with Gasteiger partial charge in [-0.1, -0.05) is 55.5 Å². The first-order valence-electron chi connectivity index (χ1n) is 11.1. The summed E-state index contributed by atoms with van der Waals surface area (Å²) in [5, 5.41) is 9.14. The van der Waals surface area contributed by atoms with E-state index in [1.165, 1.54) is 0 Å². The molecule has 5 nitrogen and oxygen atoms in total. The summed E-state index contributed by atoms with van der Waals surface area (Å²) in [7, 11) is 0. The topological polar surface area (TPSA) is 52.8 Å². The monoisotopic (exact) mass is 432 g/mol. The Balaban J connectivity index is 1.58. The van der Waals surface area contributed by atoms with Crippen molar-refractivity contribution in [1.29, 1.82) is 0 Å². The van der Waals surface area contributed by atoms with E-state index in [0.29, 0.717) is 6.61 Å². The van der Waals surface area contributed by atoms with Gasteiger partial charge in [0.1, 0.15) is 5.75 Å². The standard InChI is InChI=1S/C28H24N4O/c1-2-19-33-26-16-12-23(13-17-26)28-31-30-27(22-7-4-3-5-8-22)32(28)25-14-10-21(11-15-25)24-9-6-18-29-20-24/h3-18,20H,2,19H2,1H3. The first-order chi connectivity index (χ1) is 16.3. The van der Waals surface area contributed by atoms with E-state index >= 15 is 0 Å². The third-order valence-electron chi connectivity index (χ3n) is 5.40. The first-order valence-corrected chi connectivity index (χ1v) is 11.1. The van der Waals surface area contributed by atoms with Crippen LogP contribution in [0.4, 0.5) is 0 Å². The van der Waals surface area contributed by atoms with Crippen molar-refractivity contribution in [3.8, 4) is 45.3 Å². The Morgan fingerprint density at radius 1 is 0.667 bits per heavy atom. The molecule has 33 heavy (non-hydrogen) atoms. The molecule has 162 valence electrons. The van der Waals surface area contributed by atoms with Gasteiger partial charge in [-0.3, -0.25) is 9.55 Å². The van der Waals surface area contributed by atoms with Crippen molar-refractivity contribution in [2.75, 3.05) is 6.61 Å². The molecule has 0 amide bonds. The zero-order valence-corrected chi connectivity index (χ0v) is 18.4. The van der Waals surface area contributed by atoms with Crippen molar-refractivity contribution in [3.63, 3.8) is 0 Å². The van der Waals surface area contributed by atoms with Gasteiger partial charge in [0.2, 0.25) is 0 Å². The van der Waals surface area contributed by atoms with Crippen molar-refractivity contribution in [2.24, 2.45) is 0 Å². The summed E-state index contributed by atoms with van der Waals surface area (Å²) in [4.78, 5) is 4.23. The minimum atomic E-state index is 0.705. The highest BCUT2D eigenvalue weighted by molar-refractivity contribution is 5.69. The molecular weight excluding hydrogens is 408 g/mol. The van der Waals surface area contributed by atoms with E-state index in [0.717, 1.165) is 51.8 Å². The summed E-state index contributed by atoms with van der Waals surface area (Å²) in [6.45, 7) is 2.80. The van der Waals surface area contributed by atoms with E-state index in [4.69, 9.17) is 4.74 Å². The molecular formula is C28H24N4O.